The van der Waals surface area contributed by atoms with Crippen molar-refractivity contribution in [2.45, 2.75) is 159 Å². The Morgan fingerprint density at radius 3 is 1.89 bits per heavy atom. The summed E-state index contributed by atoms with van der Waals surface area (Å²) in [6, 6.07) is -10.1. The molecule has 29 heteroatoms. The molecule has 0 bridgehead atoms. The first-order chi connectivity index (χ1) is 33.6. The lowest BCUT2D eigenvalue weighted by Gasteiger charge is -2.33. The molecule has 0 aliphatic carbocycles. The molecule has 2 aliphatic heterocycles. The topological polar surface area (TPSA) is 438 Å². The van der Waals surface area contributed by atoms with Crippen LogP contribution in [0.1, 0.15) is 80.4 Å². The van der Waals surface area contributed by atoms with E-state index in [9.17, 15) is 73.2 Å². The van der Waals surface area contributed by atoms with E-state index in [0.717, 1.165) is 28.7 Å². The molecular formula is C43H70N12O16S. The van der Waals surface area contributed by atoms with E-state index in [1.165, 1.54) is 13.8 Å². The van der Waals surface area contributed by atoms with Gasteiger partial charge in [-0.1, -0.05) is 27.7 Å². The number of aromatic nitrogens is 2. The monoisotopic (exact) mass is 1040 g/mol. The Morgan fingerprint density at radius 2 is 1.33 bits per heavy atom. The normalized spacial score (nSPS) is 22.5. The summed E-state index contributed by atoms with van der Waals surface area (Å²) in [6.45, 7) is 9.61. The predicted molar refractivity (Wildman–Crippen MR) is 256 cm³/mol. The van der Waals surface area contributed by atoms with Crippen LogP contribution in [0.25, 0.3) is 0 Å². The average Bonchev–Trinajstić information content (AvgIpc) is 3.91. The van der Waals surface area contributed by atoms with Crippen LogP contribution >= 0.6 is 12.6 Å². The number of thiol groups is 1. The van der Waals surface area contributed by atoms with Gasteiger partial charge < -0.3 is 78.7 Å². The van der Waals surface area contributed by atoms with Crippen LogP contribution in [-0.4, -0.2) is 186 Å². The summed E-state index contributed by atoms with van der Waals surface area (Å²) in [4.78, 5) is 147. The number of rotatable bonds is 25. The number of nitrogens with two attached hydrogens (primary N) is 2. The van der Waals surface area contributed by atoms with Gasteiger partial charge in [0.2, 0.25) is 53.2 Å². The molecule has 0 aromatic carbocycles. The second kappa shape index (κ2) is 27.2. The number of primary amides is 1. The fraction of sp³-hybridized carbons (Fsp3) is 0.698. The molecular weight excluding hydrogens is 973 g/mol. The van der Waals surface area contributed by atoms with Gasteiger partial charge >= 0.3 is 5.69 Å². The van der Waals surface area contributed by atoms with Crippen LogP contribution in [0.2, 0.25) is 0 Å². The van der Waals surface area contributed by atoms with Crippen molar-refractivity contribution in [2.75, 3.05) is 18.8 Å². The Bertz CT molecular complexity index is 2240. The lowest BCUT2D eigenvalue weighted by molar-refractivity contribution is -0.145. The van der Waals surface area contributed by atoms with Gasteiger partial charge in [-0.15, -0.1) is 0 Å². The first kappa shape index (κ1) is 60.3. The highest BCUT2D eigenvalue weighted by Crippen LogP contribution is 2.28. The van der Waals surface area contributed by atoms with Gasteiger partial charge in [-0.2, -0.15) is 12.6 Å². The summed E-state index contributed by atoms with van der Waals surface area (Å²) in [7, 11) is 0. The number of nitrogens with zero attached hydrogens (tertiary/aromatic N) is 2. The van der Waals surface area contributed by atoms with Crippen LogP contribution in [0.4, 0.5) is 0 Å². The fourth-order valence-corrected chi connectivity index (χ4v) is 7.84. The average molecular weight is 1040 g/mol. The molecule has 0 unspecified atom stereocenters. The molecule has 2 saturated heterocycles. The second-order valence-corrected chi connectivity index (χ2v) is 18.9. The van der Waals surface area contributed by atoms with Gasteiger partial charge in [0.05, 0.1) is 18.2 Å². The van der Waals surface area contributed by atoms with Crippen LogP contribution in [0.3, 0.4) is 0 Å². The minimum absolute atomic E-state index is 0.0123. The van der Waals surface area contributed by atoms with E-state index in [1.54, 1.807) is 27.7 Å². The minimum atomic E-state index is -1.73. The molecule has 404 valence electrons. The number of nitrogens with one attached hydrogen (secondary N) is 8. The Morgan fingerprint density at radius 1 is 0.778 bits per heavy atom. The summed E-state index contributed by atoms with van der Waals surface area (Å²) < 4.78 is 6.45. The van der Waals surface area contributed by atoms with Crippen LogP contribution in [0.5, 0.6) is 0 Å². The maximum absolute atomic E-state index is 14.1. The van der Waals surface area contributed by atoms with Gasteiger partial charge in [0, 0.05) is 37.5 Å². The first-order valence-corrected chi connectivity index (χ1v) is 24.0. The van der Waals surface area contributed by atoms with Crippen LogP contribution in [0, 0.1) is 11.8 Å². The highest BCUT2D eigenvalue weighted by atomic mass is 32.1. The van der Waals surface area contributed by atoms with Crippen LogP contribution in [-0.2, 0) is 47.9 Å². The number of aliphatic hydroxyl groups is 4. The zero-order valence-corrected chi connectivity index (χ0v) is 41.9. The lowest BCUT2D eigenvalue weighted by Crippen LogP contribution is -2.62. The van der Waals surface area contributed by atoms with Crippen LogP contribution in [0.15, 0.2) is 21.9 Å². The van der Waals surface area contributed by atoms with Gasteiger partial charge in [0.1, 0.15) is 60.6 Å². The van der Waals surface area contributed by atoms with Crippen molar-refractivity contribution in [3.05, 3.63) is 33.1 Å². The summed E-state index contributed by atoms with van der Waals surface area (Å²) in [5.41, 5.74) is 9.34. The molecule has 3 rings (SSSR count). The standard InChI is InChI=1S/C43H70N12O16S/c1-17(2)28(51-37(65)24-9-8-13-54(24)41(69)31(21(7)57)53-39(67)29(18(3)4)50-35(63)22(44)16-72)38(66)48-23(36(64)52-30(20(6)56)40(68)47-19(5)34(45)62)10-11-26(58)46-15-25-32(60)33(61)42(71-25)55-14-12-27(59)49-43(55)70/h12,14,17-25,28-33,42,56-57,60-61,72H,8-11,13,15-16,44H2,1-7H3,(H2,45,62)(H,46,58)(H,47,68)(H,48,66)(H,50,63)(H,51,65)(H,52,64)(H,53,67)(H,49,59,70)/t19-,20+,21+,22-,23-,24-,25+,28-,29-,30-,31-,32+,33+,42+/m0/s1. The highest BCUT2D eigenvalue weighted by molar-refractivity contribution is 7.80. The van der Waals surface area contributed by atoms with Crippen molar-refractivity contribution in [3.63, 3.8) is 0 Å². The number of ether oxygens (including phenoxy) is 1. The van der Waals surface area contributed by atoms with E-state index in [0.29, 0.717) is 6.42 Å². The third-order valence-corrected chi connectivity index (χ3v) is 12.4. The minimum Gasteiger partial charge on any atom is -0.391 e. The smallest absolute Gasteiger partial charge is 0.330 e. The van der Waals surface area contributed by atoms with Gasteiger partial charge in [0.15, 0.2) is 6.23 Å². The van der Waals surface area contributed by atoms with E-state index < -0.39 is 181 Å². The van der Waals surface area contributed by atoms with Gasteiger partial charge in [0.25, 0.3) is 5.56 Å². The molecule has 16 N–H and O–H groups in total. The number of hydrogen-bond donors (Lipinski definition) is 15. The van der Waals surface area contributed by atoms with Gasteiger partial charge in [-0.25, -0.2) is 4.79 Å². The SMILES string of the molecule is CC(C)[C@H](NC(=O)[C@@H](N)CS)C(=O)N[C@H](C(=O)N1CCC[C@H]1C(=O)N[C@H](C(=O)N[C@@H](CCC(=O)NC[C@H]1O[C@@H](n2ccc(=O)[nH]c2=O)[C@H](O)[C@@H]1O)C(=O)N[C@H](C(=O)N[C@@H](C)C(N)=O)[C@@H](C)O)C(C)C)[C@@H](C)O. The summed E-state index contributed by atoms with van der Waals surface area (Å²) in [5, 5.41) is 59.5. The zero-order valence-electron chi connectivity index (χ0n) is 41.0. The predicted octanol–water partition coefficient (Wildman–Crippen LogP) is -7.21. The molecule has 9 amide bonds. The molecule has 1 aromatic heterocycles. The Balaban J connectivity index is 1.82. The van der Waals surface area contributed by atoms with Crippen molar-refractivity contribution in [2.24, 2.45) is 23.3 Å². The summed E-state index contributed by atoms with van der Waals surface area (Å²) >= 11 is 4.00. The number of carbonyl (C=O) groups excluding carboxylic acids is 9. The maximum atomic E-state index is 14.1. The van der Waals surface area contributed by atoms with E-state index in [4.69, 9.17) is 16.2 Å². The maximum Gasteiger partial charge on any atom is 0.330 e. The molecule has 1 aromatic rings. The molecule has 0 spiro atoms. The third kappa shape index (κ3) is 16.3. The molecule has 72 heavy (non-hydrogen) atoms. The number of hydrogen-bond acceptors (Lipinski definition) is 18. The third-order valence-electron chi connectivity index (χ3n) is 12.0. The lowest BCUT2D eigenvalue weighted by atomic mass is 10.0. The molecule has 0 saturated carbocycles. The Labute approximate surface area is 419 Å². The van der Waals surface area contributed by atoms with Crippen molar-refractivity contribution in [3.8, 4) is 0 Å². The van der Waals surface area contributed by atoms with E-state index in [-0.39, 0.29) is 18.7 Å². The van der Waals surface area contributed by atoms with E-state index in [2.05, 4.69) is 49.8 Å². The van der Waals surface area contributed by atoms with E-state index >= 15 is 0 Å². The molecule has 3 heterocycles. The number of aromatic amines is 1. The molecule has 0 radical (unpaired) electrons. The number of likely N-dealkylation sites (tertiary alicyclic amines) is 1. The fourth-order valence-electron chi connectivity index (χ4n) is 7.67. The zero-order chi connectivity index (χ0) is 54.5. The van der Waals surface area contributed by atoms with Crippen molar-refractivity contribution < 1.29 is 68.3 Å². The Kier molecular flexibility index (Phi) is 22.8. The van der Waals surface area contributed by atoms with Crippen molar-refractivity contribution in [1.29, 1.82) is 0 Å². The summed E-state index contributed by atoms with van der Waals surface area (Å²) in [5.74, 6) is -9.17. The van der Waals surface area contributed by atoms with Gasteiger partial charge in [-0.05, 0) is 51.9 Å². The van der Waals surface area contributed by atoms with Crippen molar-refractivity contribution >= 4 is 65.8 Å². The first-order valence-electron chi connectivity index (χ1n) is 23.4. The quantitative estimate of drug-likeness (QED) is 0.0405. The number of amides is 9. The molecule has 14 atom stereocenters. The number of H-pyrrole nitrogens is 1. The number of aliphatic hydroxyl groups excluding tert-OH is 4. The second-order valence-electron chi connectivity index (χ2n) is 18.5. The molecule has 2 fully saturated rings. The largest absolute Gasteiger partial charge is 0.391 e. The summed E-state index contributed by atoms with van der Waals surface area (Å²) in [6.07, 6.45) is -8.69. The highest BCUT2D eigenvalue weighted by Gasteiger charge is 2.45. The Hall–Kier alpha value is -5.98. The van der Waals surface area contributed by atoms with E-state index in [1.807, 2.05) is 4.98 Å². The number of carbonyl (C=O) groups is 9. The molecule has 28 nitrogen and oxygen atoms in total. The van der Waals surface area contributed by atoms with Crippen molar-refractivity contribution in [1.82, 2.24) is 51.7 Å². The molecule has 2 aliphatic rings. The van der Waals surface area contributed by atoms with Gasteiger partial charge in [-0.3, -0.25) is 57.5 Å². The van der Waals surface area contributed by atoms with Crippen LogP contribution < -0.4 is 59.9 Å².